The molecule has 3 heteroatoms. The van der Waals surface area contributed by atoms with E-state index in [1.807, 2.05) is 18.2 Å². The van der Waals surface area contributed by atoms with Gasteiger partial charge in [0.15, 0.2) is 0 Å². The summed E-state index contributed by atoms with van der Waals surface area (Å²) in [6, 6.07) is 7.95. The van der Waals surface area contributed by atoms with Gasteiger partial charge in [-0.15, -0.1) is 0 Å². The van der Waals surface area contributed by atoms with E-state index in [4.69, 9.17) is 0 Å². The molecular formula is C12H15N3. The molecule has 1 fully saturated rings. The topological polar surface area (TPSA) is 39.9 Å². The van der Waals surface area contributed by atoms with Gasteiger partial charge >= 0.3 is 0 Å². The molecular weight excluding hydrogens is 186 g/mol. The molecule has 0 bridgehead atoms. The van der Waals surface area contributed by atoms with Gasteiger partial charge in [0.25, 0.3) is 0 Å². The number of piperidine rings is 1. The highest BCUT2D eigenvalue weighted by molar-refractivity contribution is 5.16. The van der Waals surface area contributed by atoms with Crippen molar-refractivity contribution in [3.63, 3.8) is 0 Å². The first-order chi connectivity index (χ1) is 7.42. The Bertz CT molecular complexity index is 336. The van der Waals surface area contributed by atoms with Crippen LogP contribution in [-0.4, -0.2) is 23.0 Å². The van der Waals surface area contributed by atoms with E-state index < -0.39 is 0 Å². The van der Waals surface area contributed by atoms with Gasteiger partial charge in [-0.2, -0.15) is 5.26 Å². The molecule has 1 aromatic rings. The van der Waals surface area contributed by atoms with Crippen molar-refractivity contribution in [2.45, 2.75) is 25.3 Å². The molecule has 1 unspecified atom stereocenters. The maximum absolute atomic E-state index is 9.20. The number of likely N-dealkylation sites (tertiary alicyclic amines) is 1. The summed E-state index contributed by atoms with van der Waals surface area (Å²) in [4.78, 5) is 6.49. The van der Waals surface area contributed by atoms with Crippen LogP contribution in [0, 0.1) is 11.3 Å². The molecule has 15 heavy (non-hydrogen) atoms. The standard InChI is InChI=1S/C12H15N3/c13-10-12(11-6-2-3-7-14-11)15-8-4-1-5-9-15/h2-3,6-7,12H,1,4-5,8-9H2. The van der Waals surface area contributed by atoms with E-state index in [9.17, 15) is 5.26 Å². The second-order valence-corrected chi connectivity index (χ2v) is 3.88. The van der Waals surface area contributed by atoms with Crippen LogP contribution in [0.4, 0.5) is 0 Å². The first kappa shape index (κ1) is 10.1. The number of nitrogens with zero attached hydrogens (tertiary/aromatic N) is 3. The Morgan fingerprint density at radius 2 is 2.07 bits per heavy atom. The van der Waals surface area contributed by atoms with E-state index in [1.165, 1.54) is 19.3 Å². The molecule has 78 valence electrons. The van der Waals surface area contributed by atoms with Crippen LogP contribution in [0.5, 0.6) is 0 Å². The predicted octanol–water partition coefficient (Wildman–Crippen LogP) is 2.13. The molecule has 0 spiro atoms. The largest absolute Gasteiger partial charge is 0.283 e. The van der Waals surface area contributed by atoms with Crippen molar-refractivity contribution < 1.29 is 0 Å². The van der Waals surface area contributed by atoms with Gasteiger partial charge in [0.2, 0.25) is 0 Å². The summed E-state index contributed by atoms with van der Waals surface area (Å²) >= 11 is 0. The average Bonchev–Trinajstić information content (AvgIpc) is 2.33. The second kappa shape index (κ2) is 4.90. The van der Waals surface area contributed by atoms with Gasteiger partial charge < -0.3 is 0 Å². The highest BCUT2D eigenvalue weighted by Crippen LogP contribution is 2.21. The Morgan fingerprint density at radius 1 is 1.27 bits per heavy atom. The molecule has 0 aromatic carbocycles. The van der Waals surface area contributed by atoms with Gasteiger partial charge in [-0.3, -0.25) is 9.88 Å². The molecule has 0 amide bonds. The van der Waals surface area contributed by atoms with Crippen LogP contribution in [0.25, 0.3) is 0 Å². The zero-order valence-corrected chi connectivity index (χ0v) is 8.76. The number of hydrogen-bond donors (Lipinski definition) is 0. The summed E-state index contributed by atoms with van der Waals surface area (Å²) in [7, 11) is 0. The summed E-state index contributed by atoms with van der Waals surface area (Å²) in [5, 5.41) is 9.20. The minimum absolute atomic E-state index is 0.161. The summed E-state index contributed by atoms with van der Waals surface area (Å²) in [6.45, 7) is 2.05. The van der Waals surface area contributed by atoms with Crippen molar-refractivity contribution in [3.8, 4) is 6.07 Å². The van der Waals surface area contributed by atoms with Crippen LogP contribution < -0.4 is 0 Å². The lowest BCUT2D eigenvalue weighted by molar-refractivity contribution is 0.193. The number of hydrogen-bond acceptors (Lipinski definition) is 3. The van der Waals surface area contributed by atoms with E-state index in [0.29, 0.717) is 0 Å². The summed E-state index contributed by atoms with van der Waals surface area (Å²) in [6.07, 6.45) is 5.44. The number of rotatable bonds is 2. The second-order valence-electron chi connectivity index (χ2n) is 3.88. The fourth-order valence-electron chi connectivity index (χ4n) is 2.05. The van der Waals surface area contributed by atoms with Crippen LogP contribution in [0.2, 0.25) is 0 Å². The highest BCUT2D eigenvalue weighted by Gasteiger charge is 2.22. The molecule has 1 aromatic heterocycles. The lowest BCUT2D eigenvalue weighted by atomic mass is 10.1. The lowest BCUT2D eigenvalue weighted by Gasteiger charge is -2.29. The van der Waals surface area contributed by atoms with Crippen molar-refractivity contribution in [1.82, 2.24) is 9.88 Å². The third-order valence-electron chi connectivity index (χ3n) is 2.85. The van der Waals surface area contributed by atoms with E-state index in [0.717, 1.165) is 18.8 Å². The van der Waals surface area contributed by atoms with E-state index in [1.54, 1.807) is 6.20 Å². The van der Waals surface area contributed by atoms with Gasteiger partial charge in [-0.05, 0) is 38.1 Å². The zero-order chi connectivity index (χ0) is 10.5. The Hall–Kier alpha value is -1.40. The van der Waals surface area contributed by atoms with Crippen LogP contribution in [-0.2, 0) is 0 Å². The molecule has 1 aliphatic heterocycles. The normalized spacial score (nSPS) is 19.4. The molecule has 0 N–H and O–H groups in total. The molecule has 1 aliphatic rings. The molecule has 0 radical (unpaired) electrons. The summed E-state index contributed by atoms with van der Waals surface area (Å²) in [5.74, 6) is 0. The van der Waals surface area contributed by atoms with Crippen LogP contribution in [0.15, 0.2) is 24.4 Å². The van der Waals surface area contributed by atoms with Crippen LogP contribution in [0.1, 0.15) is 31.0 Å². The van der Waals surface area contributed by atoms with Gasteiger partial charge in [0.1, 0.15) is 6.04 Å². The maximum Gasteiger partial charge on any atom is 0.140 e. The van der Waals surface area contributed by atoms with Crippen LogP contribution >= 0.6 is 0 Å². The fourth-order valence-corrected chi connectivity index (χ4v) is 2.05. The minimum atomic E-state index is -0.161. The van der Waals surface area contributed by atoms with Crippen LogP contribution in [0.3, 0.4) is 0 Å². The number of nitriles is 1. The molecule has 2 heterocycles. The third-order valence-corrected chi connectivity index (χ3v) is 2.85. The summed E-state index contributed by atoms with van der Waals surface area (Å²) < 4.78 is 0. The van der Waals surface area contributed by atoms with Crippen molar-refractivity contribution in [1.29, 1.82) is 5.26 Å². The Morgan fingerprint density at radius 3 is 2.67 bits per heavy atom. The van der Waals surface area contributed by atoms with Crippen molar-refractivity contribution in [3.05, 3.63) is 30.1 Å². The van der Waals surface area contributed by atoms with Gasteiger partial charge in [0.05, 0.1) is 11.8 Å². The Labute approximate surface area is 90.4 Å². The van der Waals surface area contributed by atoms with E-state index in [2.05, 4.69) is 16.0 Å². The minimum Gasteiger partial charge on any atom is -0.283 e. The molecule has 0 saturated carbocycles. The Kier molecular flexibility index (Phi) is 3.31. The fraction of sp³-hybridized carbons (Fsp3) is 0.500. The first-order valence-corrected chi connectivity index (χ1v) is 5.46. The average molecular weight is 201 g/mol. The number of aromatic nitrogens is 1. The first-order valence-electron chi connectivity index (χ1n) is 5.46. The molecule has 1 saturated heterocycles. The van der Waals surface area contributed by atoms with E-state index >= 15 is 0 Å². The SMILES string of the molecule is N#CC(c1ccccn1)N1CCCCC1. The van der Waals surface area contributed by atoms with Gasteiger partial charge in [0, 0.05) is 6.20 Å². The molecule has 1 atom stereocenters. The van der Waals surface area contributed by atoms with Gasteiger partial charge in [-0.1, -0.05) is 12.5 Å². The monoisotopic (exact) mass is 201 g/mol. The Balaban J connectivity index is 2.14. The molecule has 3 nitrogen and oxygen atoms in total. The zero-order valence-electron chi connectivity index (χ0n) is 8.76. The lowest BCUT2D eigenvalue weighted by Crippen LogP contribution is -2.33. The highest BCUT2D eigenvalue weighted by atomic mass is 15.2. The smallest absolute Gasteiger partial charge is 0.140 e. The third kappa shape index (κ3) is 2.34. The molecule has 2 rings (SSSR count). The van der Waals surface area contributed by atoms with Gasteiger partial charge in [-0.25, -0.2) is 0 Å². The van der Waals surface area contributed by atoms with Crippen molar-refractivity contribution in [2.75, 3.05) is 13.1 Å². The summed E-state index contributed by atoms with van der Waals surface area (Å²) in [5.41, 5.74) is 0.877. The van der Waals surface area contributed by atoms with Crippen molar-refractivity contribution >= 4 is 0 Å². The quantitative estimate of drug-likeness (QED) is 0.736. The van der Waals surface area contributed by atoms with E-state index in [-0.39, 0.29) is 6.04 Å². The number of pyridine rings is 1. The molecule has 0 aliphatic carbocycles. The van der Waals surface area contributed by atoms with Crippen molar-refractivity contribution in [2.24, 2.45) is 0 Å². The predicted molar refractivity (Wildman–Crippen MR) is 58.0 cm³/mol. The maximum atomic E-state index is 9.20.